The Kier molecular flexibility index (Phi) is 6.24. The van der Waals surface area contributed by atoms with Crippen LogP contribution in [-0.2, 0) is 22.0 Å². The van der Waals surface area contributed by atoms with Gasteiger partial charge in [0.25, 0.3) is 0 Å². The number of fused-ring (bicyclic) bond motifs is 1. The standard InChI is InChI=1S/C20H21NO5S/c22-19-9-6-14-12-16(7-8-18(14)21-19)26-10-1-2-11-27(25)17-5-3-4-15(13-17)20(23)24/h3-5,7-8,12-13H,1-2,6,9-11H2,(H,21,22)(H,23,24). The molecule has 7 heteroatoms. The second kappa shape index (κ2) is 8.81. The first-order valence-corrected chi connectivity index (χ1v) is 10.1. The van der Waals surface area contributed by atoms with Gasteiger partial charge in [0.05, 0.1) is 23.0 Å². The van der Waals surface area contributed by atoms with Crippen LogP contribution < -0.4 is 10.1 Å². The van der Waals surface area contributed by atoms with E-state index < -0.39 is 16.8 Å². The Morgan fingerprint density at radius 3 is 2.81 bits per heavy atom. The quantitative estimate of drug-likeness (QED) is 0.679. The minimum Gasteiger partial charge on any atom is -0.494 e. The van der Waals surface area contributed by atoms with Gasteiger partial charge in [0.1, 0.15) is 5.75 Å². The first kappa shape index (κ1) is 19.1. The Morgan fingerprint density at radius 2 is 2.00 bits per heavy atom. The average molecular weight is 387 g/mol. The highest BCUT2D eigenvalue weighted by atomic mass is 32.2. The Labute approximate surface area is 160 Å². The number of carboxylic acid groups (broad SMARTS) is 1. The van der Waals surface area contributed by atoms with E-state index in [0.29, 0.717) is 36.5 Å². The van der Waals surface area contributed by atoms with Gasteiger partial charge in [0.15, 0.2) is 0 Å². The summed E-state index contributed by atoms with van der Waals surface area (Å²) in [6.45, 7) is 0.511. The fourth-order valence-electron chi connectivity index (χ4n) is 2.86. The second-order valence-electron chi connectivity index (χ2n) is 6.31. The molecule has 0 aliphatic carbocycles. The van der Waals surface area contributed by atoms with Crippen molar-refractivity contribution in [2.45, 2.75) is 30.6 Å². The Balaban J connectivity index is 1.43. The number of carbonyl (C=O) groups is 2. The van der Waals surface area contributed by atoms with E-state index in [-0.39, 0.29) is 11.5 Å². The van der Waals surface area contributed by atoms with Gasteiger partial charge in [-0.05, 0) is 61.2 Å². The minimum atomic E-state index is -1.22. The molecule has 2 aromatic carbocycles. The van der Waals surface area contributed by atoms with Gasteiger partial charge >= 0.3 is 5.97 Å². The number of anilines is 1. The predicted octanol–water partition coefficient (Wildman–Crippen LogP) is 3.24. The summed E-state index contributed by atoms with van der Waals surface area (Å²) in [6.07, 6.45) is 2.67. The largest absolute Gasteiger partial charge is 0.494 e. The van der Waals surface area contributed by atoms with E-state index in [9.17, 15) is 13.8 Å². The van der Waals surface area contributed by atoms with Crippen LogP contribution in [0.2, 0.25) is 0 Å². The van der Waals surface area contributed by atoms with Crippen LogP contribution in [0.4, 0.5) is 5.69 Å². The highest BCUT2D eigenvalue weighted by Gasteiger charge is 2.15. The summed E-state index contributed by atoms with van der Waals surface area (Å²) < 4.78 is 18.0. The van der Waals surface area contributed by atoms with E-state index >= 15 is 0 Å². The van der Waals surface area contributed by atoms with Crippen LogP contribution in [0.3, 0.4) is 0 Å². The molecule has 0 spiro atoms. The fraction of sp³-hybridized carbons (Fsp3) is 0.300. The molecule has 6 nitrogen and oxygen atoms in total. The maximum absolute atomic E-state index is 12.3. The van der Waals surface area contributed by atoms with Crippen molar-refractivity contribution in [1.29, 1.82) is 0 Å². The smallest absolute Gasteiger partial charge is 0.335 e. The van der Waals surface area contributed by atoms with Crippen molar-refractivity contribution in [3.63, 3.8) is 0 Å². The molecule has 0 radical (unpaired) electrons. The zero-order valence-corrected chi connectivity index (χ0v) is 15.6. The number of amides is 1. The van der Waals surface area contributed by atoms with Crippen molar-refractivity contribution in [3.05, 3.63) is 53.6 Å². The molecule has 142 valence electrons. The van der Waals surface area contributed by atoms with Gasteiger partial charge < -0.3 is 15.2 Å². The Hall–Kier alpha value is -2.67. The molecule has 1 aliphatic heterocycles. The summed E-state index contributed by atoms with van der Waals surface area (Å²) in [6, 6.07) is 11.9. The molecule has 2 aromatic rings. The average Bonchev–Trinajstić information content (AvgIpc) is 2.67. The van der Waals surface area contributed by atoms with Gasteiger partial charge in [-0.15, -0.1) is 0 Å². The number of ether oxygens (including phenoxy) is 1. The van der Waals surface area contributed by atoms with E-state index in [1.165, 1.54) is 12.1 Å². The molecule has 0 fully saturated rings. The summed E-state index contributed by atoms with van der Waals surface area (Å²) >= 11 is 0. The highest BCUT2D eigenvalue weighted by molar-refractivity contribution is 7.85. The van der Waals surface area contributed by atoms with Crippen LogP contribution >= 0.6 is 0 Å². The van der Waals surface area contributed by atoms with Crippen molar-refractivity contribution >= 4 is 28.4 Å². The van der Waals surface area contributed by atoms with E-state index in [4.69, 9.17) is 9.84 Å². The first-order chi connectivity index (χ1) is 13.0. The van der Waals surface area contributed by atoms with Gasteiger partial charge in [-0.25, -0.2) is 4.79 Å². The monoisotopic (exact) mass is 387 g/mol. The SMILES string of the molecule is O=C1CCc2cc(OCCCCS(=O)c3cccc(C(=O)O)c3)ccc2N1. The Bertz CT molecular complexity index is 880. The summed E-state index contributed by atoms with van der Waals surface area (Å²) in [5, 5.41) is 11.8. The third-order valence-electron chi connectivity index (χ3n) is 4.31. The molecule has 3 rings (SSSR count). The molecule has 1 atom stereocenters. The molecule has 1 heterocycles. The maximum atomic E-state index is 12.3. The molecule has 0 aromatic heterocycles. The predicted molar refractivity (Wildman–Crippen MR) is 103 cm³/mol. The van der Waals surface area contributed by atoms with Crippen molar-refractivity contribution in [2.24, 2.45) is 0 Å². The lowest BCUT2D eigenvalue weighted by atomic mass is 10.0. The van der Waals surface area contributed by atoms with Gasteiger partial charge in [-0.1, -0.05) is 6.07 Å². The van der Waals surface area contributed by atoms with Crippen LogP contribution in [0.1, 0.15) is 35.2 Å². The van der Waals surface area contributed by atoms with Crippen LogP contribution in [0.15, 0.2) is 47.4 Å². The fourth-order valence-corrected chi connectivity index (χ4v) is 4.05. The maximum Gasteiger partial charge on any atom is 0.335 e. The number of unbranched alkanes of at least 4 members (excludes halogenated alkanes) is 1. The number of carboxylic acids is 1. The Morgan fingerprint density at radius 1 is 1.15 bits per heavy atom. The van der Waals surface area contributed by atoms with E-state index in [0.717, 1.165) is 23.4 Å². The summed E-state index contributed by atoms with van der Waals surface area (Å²) in [5.74, 6) is 0.243. The zero-order chi connectivity index (χ0) is 19.2. The van der Waals surface area contributed by atoms with Gasteiger partial charge in [-0.2, -0.15) is 0 Å². The van der Waals surface area contributed by atoms with Crippen molar-refractivity contribution < 1.29 is 23.6 Å². The summed E-state index contributed by atoms with van der Waals surface area (Å²) in [7, 11) is -1.22. The number of rotatable bonds is 8. The number of aromatic carboxylic acids is 1. The lowest BCUT2D eigenvalue weighted by Crippen LogP contribution is -2.18. The van der Waals surface area contributed by atoms with E-state index in [1.54, 1.807) is 12.1 Å². The van der Waals surface area contributed by atoms with E-state index in [1.807, 2.05) is 18.2 Å². The number of carbonyl (C=O) groups excluding carboxylic acids is 1. The third kappa shape index (κ3) is 5.17. The summed E-state index contributed by atoms with van der Waals surface area (Å²) in [5.41, 5.74) is 2.07. The highest BCUT2D eigenvalue weighted by Crippen LogP contribution is 2.26. The topological polar surface area (TPSA) is 92.7 Å². The van der Waals surface area contributed by atoms with Crippen molar-refractivity contribution in [3.8, 4) is 5.75 Å². The van der Waals surface area contributed by atoms with Gasteiger partial charge in [0.2, 0.25) is 5.91 Å². The molecule has 0 bridgehead atoms. The lowest BCUT2D eigenvalue weighted by molar-refractivity contribution is -0.116. The molecule has 1 amide bonds. The van der Waals surface area contributed by atoms with Crippen LogP contribution in [0, 0.1) is 0 Å². The van der Waals surface area contributed by atoms with Crippen molar-refractivity contribution in [2.75, 3.05) is 17.7 Å². The van der Waals surface area contributed by atoms with Crippen molar-refractivity contribution in [1.82, 2.24) is 0 Å². The molecule has 1 aliphatic rings. The third-order valence-corrected chi connectivity index (χ3v) is 5.75. The number of benzene rings is 2. The number of nitrogens with one attached hydrogen (secondary N) is 1. The van der Waals surface area contributed by atoms with Gasteiger partial charge in [-0.3, -0.25) is 9.00 Å². The molecular formula is C20H21NO5S. The van der Waals surface area contributed by atoms with Gasteiger partial charge in [0, 0.05) is 22.8 Å². The molecular weight excluding hydrogens is 366 g/mol. The molecule has 1 unspecified atom stereocenters. The zero-order valence-electron chi connectivity index (χ0n) is 14.8. The number of hydrogen-bond donors (Lipinski definition) is 2. The normalized spacial score (nSPS) is 14.1. The first-order valence-electron chi connectivity index (χ1n) is 8.80. The minimum absolute atomic E-state index is 0.0399. The number of aryl methyl sites for hydroxylation is 1. The molecule has 27 heavy (non-hydrogen) atoms. The van der Waals surface area contributed by atoms with Crippen LogP contribution in [-0.4, -0.2) is 33.6 Å². The number of hydrogen-bond acceptors (Lipinski definition) is 4. The lowest BCUT2D eigenvalue weighted by Gasteiger charge is -2.17. The molecule has 2 N–H and O–H groups in total. The van der Waals surface area contributed by atoms with E-state index in [2.05, 4.69) is 5.32 Å². The molecule has 0 saturated carbocycles. The summed E-state index contributed by atoms with van der Waals surface area (Å²) in [4.78, 5) is 22.9. The molecule has 0 saturated heterocycles. The second-order valence-corrected chi connectivity index (χ2v) is 7.88. The van der Waals surface area contributed by atoms with Crippen LogP contribution in [0.5, 0.6) is 5.75 Å². The van der Waals surface area contributed by atoms with Crippen LogP contribution in [0.25, 0.3) is 0 Å².